The monoisotopic (exact) mass is 231 g/mol. The van der Waals surface area contributed by atoms with Gasteiger partial charge in [-0.05, 0) is 12.1 Å². The first-order valence-electron chi connectivity index (χ1n) is 5.29. The molecule has 17 heavy (non-hydrogen) atoms. The predicted molar refractivity (Wildman–Crippen MR) is 65.4 cm³/mol. The maximum absolute atomic E-state index is 11.4. The molecule has 4 heteroatoms. The molecule has 0 aliphatic carbocycles. The number of benzene rings is 1. The van der Waals surface area contributed by atoms with Gasteiger partial charge in [0.15, 0.2) is 11.5 Å². The Morgan fingerprint density at radius 1 is 1.29 bits per heavy atom. The zero-order valence-corrected chi connectivity index (χ0v) is 9.31. The van der Waals surface area contributed by atoms with Crippen molar-refractivity contribution >= 4 is 11.6 Å². The highest BCUT2D eigenvalue weighted by atomic mass is 16.6. The summed E-state index contributed by atoms with van der Waals surface area (Å²) in [6.07, 6.45) is 4.53. The zero-order valence-electron chi connectivity index (χ0n) is 9.31. The number of carbonyl (C=O) groups excluding carboxylic acids is 1. The van der Waals surface area contributed by atoms with Crippen molar-refractivity contribution in [3.63, 3.8) is 0 Å². The zero-order chi connectivity index (χ0) is 12.1. The number of hydrogen-bond acceptors (Lipinski definition) is 3. The number of ether oxygens (including phenoxy) is 2. The molecule has 1 aromatic carbocycles. The Hall–Kier alpha value is -2.23. The van der Waals surface area contributed by atoms with Gasteiger partial charge in [-0.2, -0.15) is 0 Å². The smallest absolute Gasteiger partial charge is 0.248 e. The molecule has 88 valence electrons. The number of nitrogens with one attached hydrogen (secondary N) is 1. The third kappa shape index (κ3) is 2.87. The second kappa shape index (κ2) is 5.21. The number of allylic oxidation sites excluding steroid dienone is 2. The number of anilines is 1. The largest absolute Gasteiger partial charge is 0.486 e. The van der Waals surface area contributed by atoms with Crippen LogP contribution in [0.1, 0.15) is 0 Å². The fourth-order valence-corrected chi connectivity index (χ4v) is 1.46. The summed E-state index contributed by atoms with van der Waals surface area (Å²) in [6.45, 7) is 4.58. The molecule has 4 nitrogen and oxygen atoms in total. The molecule has 0 unspecified atom stereocenters. The Morgan fingerprint density at radius 3 is 2.82 bits per heavy atom. The number of hydrogen-bond donors (Lipinski definition) is 1. The van der Waals surface area contributed by atoms with Crippen LogP contribution in [0.5, 0.6) is 11.5 Å². The van der Waals surface area contributed by atoms with Crippen molar-refractivity contribution in [2.75, 3.05) is 18.5 Å². The molecule has 1 aliphatic heterocycles. The van der Waals surface area contributed by atoms with E-state index in [9.17, 15) is 4.79 Å². The maximum Gasteiger partial charge on any atom is 0.248 e. The minimum absolute atomic E-state index is 0.207. The normalized spacial score (nSPS) is 13.4. The first-order chi connectivity index (χ1) is 8.29. The van der Waals surface area contributed by atoms with Crippen molar-refractivity contribution in [3.05, 3.63) is 43.0 Å². The molecule has 1 heterocycles. The number of rotatable bonds is 3. The molecule has 0 spiro atoms. The molecule has 1 aliphatic rings. The average Bonchev–Trinajstić information content (AvgIpc) is 2.36. The first-order valence-corrected chi connectivity index (χ1v) is 5.29. The topological polar surface area (TPSA) is 47.6 Å². The van der Waals surface area contributed by atoms with E-state index in [4.69, 9.17) is 9.47 Å². The number of amides is 1. The van der Waals surface area contributed by atoms with Crippen molar-refractivity contribution in [2.45, 2.75) is 0 Å². The SMILES string of the molecule is C=C/C=C/C(=O)Nc1ccc2c(c1)OCCO2. The highest BCUT2D eigenvalue weighted by molar-refractivity contribution is 5.99. The standard InChI is InChI=1S/C13H13NO3/c1-2-3-4-13(15)14-10-5-6-11-12(9-10)17-8-7-16-11/h2-6,9H,1,7-8H2,(H,14,15)/b4-3+. The predicted octanol–water partition coefficient (Wildman–Crippen LogP) is 2.14. The van der Waals surface area contributed by atoms with E-state index in [1.807, 2.05) is 0 Å². The van der Waals surface area contributed by atoms with Crippen LogP contribution in [0.25, 0.3) is 0 Å². The molecule has 1 amide bonds. The fourth-order valence-electron chi connectivity index (χ4n) is 1.46. The van der Waals surface area contributed by atoms with E-state index in [0.717, 1.165) is 0 Å². The van der Waals surface area contributed by atoms with Crippen molar-refractivity contribution in [1.82, 2.24) is 0 Å². The van der Waals surface area contributed by atoms with Gasteiger partial charge in [0.25, 0.3) is 0 Å². The molecule has 0 fully saturated rings. The minimum Gasteiger partial charge on any atom is -0.486 e. The molecule has 0 saturated carbocycles. The van der Waals surface area contributed by atoms with E-state index < -0.39 is 0 Å². The quantitative estimate of drug-likeness (QED) is 0.640. The average molecular weight is 231 g/mol. The first kappa shape index (κ1) is 11.3. The molecule has 0 atom stereocenters. The molecular formula is C13H13NO3. The second-order valence-electron chi connectivity index (χ2n) is 3.44. The van der Waals surface area contributed by atoms with Gasteiger partial charge in [0, 0.05) is 17.8 Å². The van der Waals surface area contributed by atoms with Crippen LogP contribution in [0.2, 0.25) is 0 Å². The molecule has 0 bridgehead atoms. The van der Waals surface area contributed by atoms with E-state index in [1.165, 1.54) is 6.08 Å². The van der Waals surface area contributed by atoms with Crippen molar-refractivity contribution in [1.29, 1.82) is 0 Å². The lowest BCUT2D eigenvalue weighted by Crippen LogP contribution is -2.16. The van der Waals surface area contributed by atoms with Crippen molar-refractivity contribution < 1.29 is 14.3 Å². The van der Waals surface area contributed by atoms with Crippen LogP contribution in [0.3, 0.4) is 0 Å². The van der Waals surface area contributed by atoms with Crippen LogP contribution >= 0.6 is 0 Å². The van der Waals surface area contributed by atoms with Gasteiger partial charge < -0.3 is 14.8 Å². The molecular weight excluding hydrogens is 218 g/mol. The van der Waals surface area contributed by atoms with E-state index in [-0.39, 0.29) is 5.91 Å². The molecule has 0 radical (unpaired) electrons. The van der Waals surface area contributed by atoms with Gasteiger partial charge in [-0.25, -0.2) is 0 Å². The lowest BCUT2D eigenvalue weighted by atomic mass is 10.2. The van der Waals surface area contributed by atoms with Gasteiger partial charge >= 0.3 is 0 Å². The van der Waals surface area contributed by atoms with Crippen LogP contribution in [0, 0.1) is 0 Å². The highest BCUT2D eigenvalue weighted by Crippen LogP contribution is 2.32. The van der Waals surface area contributed by atoms with Crippen LogP contribution in [-0.2, 0) is 4.79 Å². The van der Waals surface area contributed by atoms with E-state index in [0.29, 0.717) is 30.4 Å². The van der Waals surface area contributed by atoms with Gasteiger partial charge in [-0.15, -0.1) is 0 Å². The second-order valence-corrected chi connectivity index (χ2v) is 3.44. The van der Waals surface area contributed by atoms with Gasteiger partial charge in [0.1, 0.15) is 13.2 Å². The third-order valence-electron chi connectivity index (χ3n) is 2.19. The van der Waals surface area contributed by atoms with E-state index >= 15 is 0 Å². The van der Waals surface area contributed by atoms with Crippen molar-refractivity contribution in [3.8, 4) is 11.5 Å². The Balaban J connectivity index is 2.09. The number of carbonyl (C=O) groups is 1. The lowest BCUT2D eigenvalue weighted by Gasteiger charge is -2.18. The summed E-state index contributed by atoms with van der Waals surface area (Å²) in [5.74, 6) is 1.15. The highest BCUT2D eigenvalue weighted by Gasteiger charge is 2.11. The Kier molecular flexibility index (Phi) is 3.45. The van der Waals surface area contributed by atoms with E-state index in [1.54, 1.807) is 30.4 Å². The number of fused-ring (bicyclic) bond motifs is 1. The third-order valence-corrected chi connectivity index (χ3v) is 2.19. The van der Waals surface area contributed by atoms with Gasteiger partial charge in [-0.1, -0.05) is 18.7 Å². The van der Waals surface area contributed by atoms with Crippen LogP contribution in [-0.4, -0.2) is 19.1 Å². The Morgan fingerprint density at radius 2 is 2.06 bits per heavy atom. The van der Waals surface area contributed by atoms with Crippen LogP contribution in [0.4, 0.5) is 5.69 Å². The van der Waals surface area contributed by atoms with Gasteiger partial charge in [0.05, 0.1) is 0 Å². The summed E-state index contributed by atoms with van der Waals surface area (Å²) in [7, 11) is 0. The van der Waals surface area contributed by atoms with Crippen LogP contribution in [0.15, 0.2) is 43.0 Å². The summed E-state index contributed by atoms with van der Waals surface area (Å²) in [5.41, 5.74) is 0.674. The lowest BCUT2D eigenvalue weighted by molar-refractivity contribution is -0.111. The molecule has 0 aromatic heterocycles. The maximum atomic E-state index is 11.4. The molecule has 1 aromatic rings. The Bertz CT molecular complexity index is 466. The molecule has 0 saturated heterocycles. The summed E-state index contributed by atoms with van der Waals surface area (Å²) >= 11 is 0. The van der Waals surface area contributed by atoms with Gasteiger partial charge in [0.2, 0.25) is 5.91 Å². The van der Waals surface area contributed by atoms with E-state index in [2.05, 4.69) is 11.9 Å². The Labute approximate surface area is 99.5 Å². The summed E-state index contributed by atoms with van der Waals surface area (Å²) in [4.78, 5) is 11.4. The summed E-state index contributed by atoms with van der Waals surface area (Å²) in [5, 5.41) is 2.72. The van der Waals surface area contributed by atoms with Crippen LogP contribution < -0.4 is 14.8 Å². The summed E-state index contributed by atoms with van der Waals surface area (Å²) < 4.78 is 10.8. The van der Waals surface area contributed by atoms with Crippen molar-refractivity contribution in [2.24, 2.45) is 0 Å². The fraction of sp³-hybridized carbons (Fsp3) is 0.154. The molecule has 2 rings (SSSR count). The summed E-state index contributed by atoms with van der Waals surface area (Å²) in [6, 6.07) is 5.29. The molecule has 1 N–H and O–H groups in total. The minimum atomic E-state index is -0.207. The van der Waals surface area contributed by atoms with Gasteiger partial charge in [-0.3, -0.25) is 4.79 Å².